The zero-order chi connectivity index (χ0) is 12.0. The van der Waals surface area contributed by atoms with Crippen molar-refractivity contribution >= 4 is 0 Å². The summed E-state index contributed by atoms with van der Waals surface area (Å²) in [6.45, 7) is 2.33. The predicted molar refractivity (Wildman–Crippen MR) is 69.4 cm³/mol. The SMILES string of the molecule is COc1ccc2c(c1)C1(C)CCCC(C2)C1N. The average Bonchev–Trinajstić information content (AvgIpc) is 2.33. The van der Waals surface area contributed by atoms with Gasteiger partial charge in [0.2, 0.25) is 0 Å². The standard InChI is InChI=1S/C15H21NO/c1-15-7-3-4-11(14(15)16)8-10-5-6-12(17-2)9-13(10)15/h5-6,9,11,14H,3-4,7-8,16H2,1-2H3. The highest BCUT2D eigenvalue weighted by Crippen LogP contribution is 2.48. The molecule has 2 bridgehead atoms. The van der Waals surface area contributed by atoms with Gasteiger partial charge < -0.3 is 10.5 Å². The van der Waals surface area contributed by atoms with Gasteiger partial charge in [0, 0.05) is 11.5 Å². The normalized spacial score (nSPS) is 35.2. The van der Waals surface area contributed by atoms with Crippen molar-refractivity contribution in [3.8, 4) is 5.75 Å². The van der Waals surface area contributed by atoms with Crippen LogP contribution in [0.25, 0.3) is 0 Å². The van der Waals surface area contributed by atoms with Gasteiger partial charge in [-0.2, -0.15) is 0 Å². The number of nitrogens with two attached hydrogens (primary N) is 1. The van der Waals surface area contributed by atoms with E-state index in [1.54, 1.807) is 7.11 Å². The van der Waals surface area contributed by atoms with Crippen molar-refractivity contribution in [2.45, 2.75) is 44.1 Å². The number of fused-ring (bicyclic) bond motifs is 4. The lowest BCUT2D eigenvalue weighted by Gasteiger charge is -2.49. The molecule has 1 aromatic rings. The summed E-state index contributed by atoms with van der Waals surface area (Å²) in [5, 5.41) is 0. The van der Waals surface area contributed by atoms with Gasteiger partial charge in [-0.25, -0.2) is 0 Å². The van der Waals surface area contributed by atoms with Crippen molar-refractivity contribution in [1.82, 2.24) is 0 Å². The molecule has 92 valence electrons. The molecule has 0 saturated heterocycles. The summed E-state index contributed by atoms with van der Waals surface area (Å²) in [5.41, 5.74) is 9.56. The quantitative estimate of drug-likeness (QED) is 0.806. The van der Waals surface area contributed by atoms with Gasteiger partial charge in [0.05, 0.1) is 7.11 Å². The number of benzene rings is 1. The first-order valence-corrected chi connectivity index (χ1v) is 6.58. The molecule has 3 unspecified atom stereocenters. The third-order valence-corrected chi connectivity index (χ3v) is 4.93. The predicted octanol–water partition coefficient (Wildman–Crippen LogP) is 2.64. The highest BCUT2D eigenvalue weighted by Gasteiger charge is 2.45. The molecule has 0 aromatic heterocycles. The van der Waals surface area contributed by atoms with E-state index in [9.17, 15) is 0 Å². The van der Waals surface area contributed by atoms with E-state index >= 15 is 0 Å². The van der Waals surface area contributed by atoms with E-state index in [0.717, 1.165) is 12.2 Å². The Labute approximate surface area is 103 Å². The molecule has 0 spiro atoms. The van der Waals surface area contributed by atoms with Crippen LogP contribution < -0.4 is 10.5 Å². The molecular weight excluding hydrogens is 210 g/mol. The number of methoxy groups -OCH3 is 1. The third kappa shape index (κ3) is 1.50. The molecule has 2 aliphatic carbocycles. The number of hydrogen-bond donors (Lipinski definition) is 1. The zero-order valence-electron chi connectivity index (χ0n) is 10.7. The summed E-state index contributed by atoms with van der Waals surface area (Å²) >= 11 is 0. The van der Waals surface area contributed by atoms with Crippen LogP contribution in [-0.4, -0.2) is 13.2 Å². The van der Waals surface area contributed by atoms with Crippen LogP contribution in [-0.2, 0) is 11.8 Å². The van der Waals surface area contributed by atoms with Gasteiger partial charge in [0.25, 0.3) is 0 Å². The lowest BCUT2D eigenvalue weighted by Crippen LogP contribution is -2.54. The van der Waals surface area contributed by atoms with Crippen molar-refractivity contribution in [3.05, 3.63) is 29.3 Å². The summed E-state index contributed by atoms with van der Waals surface area (Å²) in [6.07, 6.45) is 4.97. The monoisotopic (exact) mass is 231 g/mol. The molecule has 2 N–H and O–H groups in total. The van der Waals surface area contributed by atoms with Crippen LogP contribution in [0.3, 0.4) is 0 Å². The summed E-state index contributed by atoms with van der Waals surface area (Å²) in [7, 11) is 1.73. The maximum Gasteiger partial charge on any atom is 0.119 e. The van der Waals surface area contributed by atoms with E-state index in [1.807, 2.05) is 0 Å². The fraction of sp³-hybridized carbons (Fsp3) is 0.600. The topological polar surface area (TPSA) is 35.2 Å². The molecule has 17 heavy (non-hydrogen) atoms. The Morgan fingerprint density at radius 1 is 1.41 bits per heavy atom. The fourth-order valence-electron chi connectivity index (χ4n) is 3.82. The molecule has 1 fully saturated rings. The summed E-state index contributed by atoms with van der Waals surface area (Å²) < 4.78 is 5.36. The molecule has 1 saturated carbocycles. The Hall–Kier alpha value is -1.02. The molecule has 2 nitrogen and oxygen atoms in total. The minimum absolute atomic E-state index is 0.158. The van der Waals surface area contributed by atoms with E-state index in [1.165, 1.54) is 30.4 Å². The number of ether oxygens (including phenoxy) is 1. The number of rotatable bonds is 1. The van der Waals surface area contributed by atoms with Gasteiger partial charge in [-0.1, -0.05) is 19.4 Å². The Morgan fingerprint density at radius 3 is 3.00 bits per heavy atom. The van der Waals surface area contributed by atoms with E-state index in [-0.39, 0.29) is 5.41 Å². The van der Waals surface area contributed by atoms with Crippen LogP contribution in [0.1, 0.15) is 37.3 Å². The highest BCUT2D eigenvalue weighted by molar-refractivity contribution is 5.44. The molecule has 2 heteroatoms. The van der Waals surface area contributed by atoms with E-state index in [2.05, 4.69) is 25.1 Å². The van der Waals surface area contributed by atoms with Gasteiger partial charge in [-0.3, -0.25) is 0 Å². The van der Waals surface area contributed by atoms with E-state index < -0.39 is 0 Å². The van der Waals surface area contributed by atoms with E-state index in [4.69, 9.17) is 10.5 Å². The second-order valence-corrected chi connectivity index (χ2v) is 5.82. The molecule has 0 heterocycles. The second-order valence-electron chi connectivity index (χ2n) is 5.82. The zero-order valence-corrected chi connectivity index (χ0v) is 10.7. The lowest BCUT2D eigenvalue weighted by molar-refractivity contribution is 0.173. The molecule has 0 radical (unpaired) electrons. The maximum absolute atomic E-state index is 6.48. The summed E-state index contributed by atoms with van der Waals surface area (Å²) in [4.78, 5) is 0. The first kappa shape index (κ1) is 11.1. The smallest absolute Gasteiger partial charge is 0.119 e. The third-order valence-electron chi connectivity index (χ3n) is 4.93. The largest absolute Gasteiger partial charge is 0.497 e. The maximum atomic E-state index is 6.48. The van der Waals surface area contributed by atoms with Crippen molar-refractivity contribution in [1.29, 1.82) is 0 Å². The Bertz CT molecular complexity index is 443. The molecule has 0 aliphatic heterocycles. The first-order valence-electron chi connectivity index (χ1n) is 6.58. The van der Waals surface area contributed by atoms with Gasteiger partial charge in [-0.05, 0) is 48.4 Å². The summed E-state index contributed by atoms with van der Waals surface area (Å²) in [5.74, 6) is 1.64. The molecule has 3 atom stereocenters. The molecule has 3 rings (SSSR count). The summed E-state index contributed by atoms with van der Waals surface area (Å²) in [6, 6.07) is 6.83. The van der Waals surface area contributed by atoms with Crippen LogP contribution in [0.2, 0.25) is 0 Å². The van der Waals surface area contributed by atoms with Gasteiger partial charge in [0.1, 0.15) is 5.75 Å². The molecule has 2 aliphatic rings. The minimum atomic E-state index is 0.158. The van der Waals surface area contributed by atoms with Gasteiger partial charge in [-0.15, -0.1) is 0 Å². The Kier molecular flexibility index (Phi) is 2.44. The molecule has 1 aromatic carbocycles. The lowest BCUT2D eigenvalue weighted by atomic mass is 9.57. The van der Waals surface area contributed by atoms with Crippen LogP contribution in [0.4, 0.5) is 0 Å². The van der Waals surface area contributed by atoms with Gasteiger partial charge >= 0.3 is 0 Å². The van der Waals surface area contributed by atoms with Crippen molar-refractivity contribution < 1.29 is 4.74 Å². The van der Waals surface area contributed by atoms with Crippen molar-refractivity contribution in [3.63, 3.8) is 0 Å². The Balaban J connectivity index is 2.14. The van der Waals surface area contributed by atoms with Crippen LogP contribution in [0.5, 0.6) is 5.75 Å². The minimum Gasteiger partial charge on any atom is -0.497 e. The molecular formula is C15H21NO. The Morgan fingerprint density at radius 2 is 2.24 bits per heavy atom. The van der Waals surface area contributed by atoms with Crippen LogP contribution in [0.15, 0.2) is 18.2 Å². The second kappa shape index (κ2) is 3.74. The van der Waals surface area contributed by atoms with Crippen LogP contribution >= 0.6 is 0 Å². The molecule has 0 amide bonds. The van der Waals surface area contributed by atoms with Crippen molar-refractivity contribution in [2.24, 2.45) is 11.7 Å². The van der Waals surface area contributed by atoms with Gasteiger partial charge in [0.15, 0.2) is 0 Å². The number of hydrogen-bond acceptors (Lipinski definition) is 2. The van der Waals surface area contributed by atoms with Crippen molar-refractivity contribution in [2.75, 3.05) is 7.11 Å². The first-order chi connectivity index (χ1) is 8.15. The fourth-order valence-corrected chi connectivity index (χ4v) is 3.82. The van der Waals surface area contributed by atoms with E-state index in [0.29, 0.717) is 12.0 Å². The van der Waals surface area contributed by atoms with Crippen LogP contribution in [0, 0.1) is 5.92 Å². The average molecular weight is 231 g/mol. The highest BCUT2D eigenvalue weighted by atomic mass is 16.5.